The lowest BCUT2D eigenvalue weighted by atomic mass is 10.1. The van der Waals surface area contributed by atoms with Crippen molar-refractivity contribution in [2.24, 2.45) is 11.8 Å². The highest BCUT2D eigenvalue weighted by Gasteiger charge is 2.38. The molecule has 0 bridgehead atoms. The molecule has 1 saturated carbocycles. The highest BCUT2D eigenvalue weighted by Crippen LogP contribution is 2.35. The third-order valence-electron chi connectivity index (χ3n) is 3.67. The van der Waals surface area contributed by atoms with Gasteiger partial charge < -0.3 is 15.7 Å². The Kier molecular flexibility index (Phi) is 4.83. The molecular formula is C16H22N2O3. The first kappa shape index (κ1) is 15.4. The van der Waals surface area contributed by atoms with E-state index in [0.29, 0.717) is 24.4 Å². The van der Waals surface area contributed by atoms with Crippen molar-refractivity contribution in [2.45, 2.75) is 39.3 Å². The summed E-state index contributed by atoms with van der Waals surface area (Å²) in [5.41, 5.74) is 1.13. The Balaban J connectivity index is 1.71. The summed E-state index contributed by atoms with van der Waals surface area (Å²) in [5.74, 6) is 0.334. The van der Waals surface area contributed by atoms with E-state index in [1.54, 1.807) is 12.1 Å². The maximum atomic E-state index is 11.8. The SMILES string of the molecule is CC(C)C[C@@H]1C[C@H]1NC(=O)NCc1ccc(C(=O)O)cc1. The van der Waals surface area contributed by atoms with E-state index in [1.165, 1.54) is 12.1 Å². The van der Waals surface area contributed by atoms with Crippen LogP contribution in [0.4, 0.5) is 4.79 Å². The second kappa shape index (κ2) is 6.61. The number of urea groups is 1. The molecule has 0 saturated heterocycles. The zero-order valence-electron chi connectivity index (χ0n) is 12.4. The normalized spacial score (nSPS) is 20.1. The molecule has 2 rings (SSSR count). The van der Waals surface area contributed by atoms with Crippen molar-refractivity contribution >= 4 is 12.0 Å². The van der Waals surface area contributed by atoms with E-state index in [1.807, 2.05) is 0 Å². The molecule has 1 aromatic rings. The number of hydrogen-bond acceptors (Lipinski definition) is 2. The van der Waals surface area contributed by atoms with Gasteiger partial charge in [-0.05, 0) is 42.4 Å². The quantitative estimate of drug-likeness (QED) is 0.753. The van der Waals surface area contributed by atoms with Gasteiger partial charge in [-0.15, -0.1) is 0 Å². The fraction of sp³-hybridized carbons (Fsp3) is 0.500. The molecule has 5 nitrogen and oxygen atoms in total. The van der Waals surface area contributed by atoms with E-state index in [2.05, 4.69) is 24.5 Å². The molecule has 0 aromatic heterocycles. The van der Waals surface area contributed by atoms with Crippen LogP contribution in [-0.4, -0.2) is 23.1 Å². The van der Waals surface area contributed by atoms with Crippen LogP contribution in [0.15, 0.2) is 24.3 Å². The summed E-state index contributed by atoms with van der Waals surface area (Å²) >= 11 is 0. The maximum Gasteiger partial charge on any atom is 0.335 e. The van der Waals surface area contributed by atoms with Gasteiger partial charge in [-0.2, -0.15) is 0 Å². The Hall–Kier alpha value is -2.04. The van der Waals surface area contributed by atoms with Crippen molar-refractivity contribution in [1.82, 2.24) is 10.6 Å². The average Bonchev–Trinajstić information content (AvgIpc) is 3.13. The Morgan fingerprint density at radius 1 is 1.29 bits per heavy atom. The van der Waals surface area contributed by atoms with Gasteiger partial charge in [-0.1, -0.05) is 26.0 Å². The van der Waals surface area contributed by atoms with E-state index in [0.717, 1.165) is 18.4 Å². The molecule has 0 heterocycles. The minimum Gasteiger partial charge on any atom is -0.478 e. The van der Waals surface area contributed by atoms with Crippen molar-refractivity contribution in [3.8, 4) is 0 Å². The van der Waals surface area contributed by atoms with Gasteiger partial charge in [0.15, 0.2) is 0 Å². The topological polar surface area (TPSA) is 78.4 Å². The average molecular weight is 290 g/mol. The van der Waals surface area contributed by atoms with E-state index in [4.69, 9.17) is 5.11 Å². The summed E-state index contributed by atoms with van der Waals surface area (Å²) in [6, 6.07) is 6.65. The number of amides is 2. The highest BCUT2D eigenvalue weighted by atomic mass is 16.4. The molecule has 1 aromatic carbocycles. The van der Waals surface area contributed by atoms with Crippen LogP contribution in [0.25, 0.3) is 0 Å². The molecule has 1 aliphatic carbocycles. The smallest absolute Gasteiger partial charge is 0.335 e. The second-order valence-corrected chi connectivity index (χ2v) is 6.06. The Morgan fingerprint density at radius 2 is 1.95 bits per heavy atom. The van der Waals surface area contributed by atoms with E-state index in [-0.39, 0.29) is 11.6 Å². The van der Waals surface area contributed by atoms with E-state index in [9.17, 15) is 9.59 Å². The van der Waals surface area contributed by atoms with Crippen LogP contribution >= 0.6 is 0 Å². The summed E-state index contributed by atoms with van der Waals surface area (Å²) in [6.45, 7) is 4.78. The number of benzene rings is 1. The molecule has 3 N–H and O–H groups in total. The molecule has 1 fully saturated rings. The van der Waals surface area contributed by atoms with Crippen LogP contribution < -0.4 is 10.6 Å². The Labute approximate surface area is 124 Å². The maximum absolute atomic E-state index is 11.8. The summed E-state index contributed by atoms with van der Waals surface area (Å²) in [5, 5.41) is 14.6. The third kappa shape index (κ3) is 4.77. The summed E-state index contributed by atoms with van der Waals surface area (Å²) in [4.78, 5) is 22.5. The van der Waals surface area contributed by atoms with Crippen LogP contribution in [0.1, 0.15) is 42.6 Å². The molecule has 0 aliphatic heterocycles. The molecule has 21 heavy (non-hydrogen) atoms. The summed E-state index contributed by atoms with van der Waals surface area (Å²) in [7, 11) is 0. The molecule has 2 amide bonds. The van der Waals surface area contributed by atoms with Gasteiger partial charge in [-0.3, -0.25) is 0 Å². The van der Waals surface area contributed by atoms with Crippen LogP contribution in [0.2, 0.25) is 0 Å². The van der Waals surface area contributed by atoms with Crippen molar-refractivity contribution < 1.29 is 14.7 Å². The number of carboxylic acid groups (broad SMARTS) is 1. The molecule has 0 unspecified atom stereocenters. The van der Waals surface area contributed by atoms with E-state index >= 15 is 0 Å². The molecule has 2 atom stereocenters. The first-order valence-corrected chi connectivity index (χ1v) is 7.32. The number of aromatic carboxylic acids is 1. The van der Waals surface area contributed by atoms with Gasteiger partial charge in [-0.25, -0.2) is 9.59 Å². The van der Waals surface area contributed by atoms with Gasteiger partial charge in [0.1, 0.15) is 0 Å². The number of carbonyl (C=O) groups is 2. The standard InChI is InChI=1S/C16H22N2O3/c1-10(2)7-13-8-14(13)18-16(21)17-9-11-3-5-12(6-4-11)15(19)20/h3-6,10,13-14H,7-9H2,1-2H3,(H,19,20)(H2,17,18,21)/t13-,14-/m1/s1. The minimum atomic E-state index is -0.947. The van der Waals surface area contributed by atoms with Gasteiger partial charge in [0.2, 0.25) is 0 Å². The van der Waals surface area contributed by atoms with Crippen LogP contribution in [0, 0.1) is 11.8 Å². The fourth-order valence-corrected chi connectivity index (χ4v) is 2.46. The Bertz CT molecular complexity index is 511. The van der Waals surface area contributed by atoms with E-state index < -0.39 is 5.97 Å². The largest absolute Gasteiger partial charge is 0.478 e. The molecule has 114 valence electrons. The zero-order valence-corrected chi connectivity index (χ0v) is 12.4. The summed E-state index contributed by atoms with van der Waals surface area (Å²) < 4.78 is 0. The van der Waals surface area contributed by atoms with Crippen molar-refractivity contribution in [3.63, 3.8) is 0 Å². The lowest BCUT2D eigenvalue weighted by molar-refractivity contribution is 0.0697. The van der Waals surface area contributed by atoms with Crippen LogP contribution in [0.5, 0.6) is 0 Å². The third-order valence-corrected chi connectivity index (χ3v) is 3.67. The Morgan fingerprint density at radius 3 is 2.52 bits per heavy atom. The molecule has 1 aliphatic rings. The van der Waals surface area contributed by atoms with Gasteiger partial charge >= 0.3 is 12.0 Å². The predicted octanol–water partition coefficient (Wildman–Crippen LogP) is 2.62. The van der Waals surface area contributed by atoms with Crippen molar-refractivity contribution in [1.29, 1.82) is 0 Å². The van der Waals surface area contributed by atoms with Crippen LogP contribution in [0.3, 0.4) is 0 Å². The highest BCUT2D eigenvalue weighted by molar-refractivity contribution is 5.87. The summed E-state index contributed by atoms with van der Waals surface area (Å²) in [6.07, 6.45) is 2.22. The monoisotopic (exact) mass is 290 g/mol. The van der Waals surface area contributed by atoms with Gasteiger partial charge in [0, 0.05) is 12.6 Å². The molecule has 0 spiro atoms. The molecular weight excluding hydrogens is 268 g/mol. The lowest BCUT2D eigenvalue weighted by Crippen LogP contribution is -2.37. The lowest BCUT2D eigenvalue weighted by Gasteiger charge is -2.08. The molecule has 0 radical (unpaired) electrons. The fourth-order valence-electron chi connectivity index (χ4n) is 2.46. The predicted molar refractivity (Wildman–Crippen MR) is 80.1 cm³/mol. The van der Waals surface area contributed by atoms with Crippen molar-refractivity contribution in [2.75, 3.05) is 0 Å². The number of nitrogens with one attached hydrogen (secondary N) is 2. The van der Waals surface area contributed by atoms with Gasteiger partial charge in [0.25, 0.3) is 0 Å². The number of carboxylic acids is 1. The first-order valence-electron chi connectivity index (χ1n) is 7.32. The number of hydrogen-bond donors (Lipinski definition) is 3. The van der Waals surface area contributed by atoms with Gasteiger partial charge in [0.05, 0.1) is 5.56 Å². The zero-order chi connectivity index (χ0) is 15.4. The first-order chi connectivity index (χ1) is 9.95. The number of rotatable bonds is 6. The van der Waals surface area contributed by atoms with Crippen LogP contribution in [-0.2, 0) is 6.54 Å². The number of carbonyl (C=O) groups excluding carboxylic acids is 1. The second-order valence-electron chi connectivity index (χ2n) is 6.06. The minimum absolute atomic E-state index is 0.159. The molecule has 5 heteroatoms. The van der Waals surface area contributed by atoms with Crippen molar-refractivity contribution in [3.05, 3.63) is 35.4 Å².